The van der Waals surface area contributed by atoms with E-state index in [4.69, 9.17) is 4.74 Å². The van der Waals surface area contributed by atoms with Crippen LogP contribution in [-0.2, 0) is 22.5 Å². The fourth-order valence-corrected chi connectivity index (χ4v) is 3.98. The lowest BCUT2D eigenvalue weighted by Gasteiger charge is -2.31. The van der Waals surface area contributed by atoms with Crippen LogP contribution in [0, 0.1) is 11.7 Å². The molecule has 2 aliphatic rings. The minimum Gasteiger partial charge on any atom is -0.379 e. The predicted molar refractivity (Wildman–Crippen MR) is 98.4 cm³/mol. The maximum Gasteiger partial charge on any atom is 0.222 e. The average molecular weight is 372 g/mol. The zero-order valence-electron chi connectivity index (χ0n) is 15.3. The molecule has 0 unspecified atom stereocenters. The fourth-order valence-electron chi connectivity index (χ4n) is 3.98. The van der Waals surface area contributed by atoms with Gasteiger partial charge in [0, 0.05) is 50.4 Å². The van der Waals surface area contributed by atoms with Crippen molar-refractivity contribution < 1.29 is 13.9 Å². The molecular weight excluding hydrogens is 347 g/mol. The highest BCUT2D eigenvalue weighted by Gasteiger charge is 2.35. The number of fused-ring (bicyclic) bond motifs is 3. The Morgan fingerprint density at radius 1 is 1.22 bits per heavy atom. The van der Waals surface area contributed by atoms with Crippen LogP contribution in [0.4, 0.5) is 4.39 Å². The van der Waals surface area contributed by atoms with E-state index in [2.05, 4.69) is 14.9 Å². The lowest BCUT2D eigenvalue weighted by molar-refractivity contribution is -0.133. The molecule has 0 aliphatic carbocycles. The molecule has 7 heteroatoms. The standard InChI is InChI=1S/C20H25FN4O2/c21-17-4-1-15(2-5-17)3-6-20(26)25-9-16-8-24(10-18-7-22-14-23-18)19(11-25)13-27-12-16/h1-2,4-5,7,14,16,19H,3,6,8-13H2,(H,22,23)/t16-,19+/m1/s1. The van der Waals surface area contributed by atoms with Gasteiger partial charge in [0.2, 0.25) is 5.91 Å². The molecule has 0 saturated carbocycles. The number of nitrogens with one attached hydrogen (secondary N) is 1. The third-order valence-electron chi connectivity index (χ3n) is 5.40. The third kappa shape index (κ3) is 4.54. The number of aromatic amines is 1. The molecule has 2 aromatic rings. The van der Waals surface area contributed by atoms with Crippen LogP contribution in [0.25, 0.3) is 0 Å². The topological polar surface area (TPSA) is 61.5 Å². The smallest absolute Gasteiger partial charge is 0.222 e. The van der Waals surface area contributed by atoms with Crippen LogP contribution in [0.1, 0.15) is 17.7 Å². The molecular formula is C20H25FN4O2. The summed E-state index contributed by atoms with van der Waals surface area (Å²) in [7, 11) is 0. The molecule has 2 aliphatic heterocycles. The van der Waals surface area contributed by atoms with E-state index in [-0.39, 0.29) is 17.8 Å². The number of halogens is 1. The number of benzene rings is 1. The van der Waals surface area contributed by atoms with Crippen molar-refractivity contribution in [1.82, 2.24) is 19.8 Å². The zero-order chi connectivity index (χ0) is 18.6. The second-order valence-electron chi connectivity index (χ2n) is 7.49. The van der Waals surface area contributed by atoms with Crippen LogP contribution in [0.3, 0.4) is 0 Å². The average Bonchev–Trinajstić information content (AvgIpc) is 3.00. The summed E-state index contributed by atoms with van der Waals surface area (Å²) >= 11 is 0. The molecule has 1 aromatic carbocycles. The number of ether oxygens (including phenoxy) is 1. The number of hydrogen-bond donors (Lipinski definition) is 1. The zero-order valence-corrected chi connectivity index (χ0v) is 15.3. The number of aryl methyl sites for hydroxylation is 1. The van der Waals surface area contributed by atoms with Gasteiger partial charge >= 0.3 is 0 Å². The van der Waals surface area contributed by atoms with Gasteiger partial charge in [0.05, 0.1) is 25.6 Å². The van der Waals surface area contributed by atoms with Crippen LogP contribution >= 0.6 is 0 Å². The second kappa shape index (κ2) is 8.19. The summed E-state index contributed by atoms with van der Waals surface area (Å²) in [4.78, 5) is 24.5. The van der Waals surface area contributed by atoms with Gasteiger partial charge in [-0.15, -0.1) is 0 Å². The van der Waals surface area contributed by atoms with Crippen molar-refractivity contribution >= 4 is 5.91 Å². The van der Waals surface area contributed by atoms with Crippen molar-refractivity contribution in [1.29, 1.82) is 0 Å². The molecule has 1 amide bonds. The van der Waals surface area contributed by atoms with Gasteiger partial charge in [0.25, 0.3) is 0 Å². The quantitative estimate of drug-likeness (QED) is 0.870. The highest BCUT2D eigenvalue weighted by molar-refractivity contribution is 5.76. The van der Waals surface area contributed by atoms with Crippen LogP contribution in [-0.4, -0.2) is 64.6 Å². The fraction of sp³-hybridized carbons (Fsp3) is 0.500. The van der Waals surface area contributed by atoms with E-state index < -0.39 is 0 Å². The number of H-pyrrole nitrogens is 1. The van der Waals surface area contributed by atoms with E-state index in [1.54, 1.807) is 18.5 Å². The Balaban J connectivity index is 1.39. The molecule has 2 bridgehead atoms. The van der Waals surface area contributed by atoms with Crippen LogP contribution < -0.4 is 0 Å². The normalized spacial score (nSPS) is 23.2. The summed E-state index contributed by atoms with van der Waals surface area (Å²) in [6, 6.07) is 6.58. The van der Waals surface area contributed by atoms with E-state index in [0.29, 0.717) is 38.5 Å². The molecule has 3 heterocycles. The molecule has 6 nitrogen and oxygen atoms in total. The largest absolute Gasteiger partial charge is 0.379 e. The van der Waals surface area contributed by atoms with E-state index >= 15 is 0 Å². The summed E-state index contributed by atoms with van der Waals surface area (Å²) < 4.78 is 18.9. The monoisotopic (exact) mass is 372 g/mol. The van der Waals surface area contributed by atoms with Gasteiger partial charge in [-0.2, -0.15) is 0 Å². The highest BCUT2D eigenvalue weighted by atomic mass is 19.1. The van der Waals surface area contributed by atoms with Crippen molar-refractivity contribution in [2.45, 2.75) is 25.4 Å². The number of aromatic nitrogens is 2. The molecule has 2 atom stereocenters. The first-order valence-electron chi connectivity index (χ1n) is 9.48. The van der Waals surface area contributed by atoms with Crippen molar-refractivity contribution in [3.05, 3.63) is 53.9 Å². The Morgan fingerprint density at radius 2 is 2.07 bits per heavy atom. The van der Waals surface area contributed by atoms with Gasteiger partial charge in [-0.3, -0.25) is 9.69 Å². The maximum atomic E-state index is 13.0. The maximum absolute atomic E-state index is 13.0. The molecule has 0 radical (unpaired) electrons. The van der Waals surface area contributed by atoms with Gasteiger partial charge in [-0.1, -0.05) is 12.1 Å². The van der Waals surface area contributed by atoms with E-state index in [0.717, 1.165) is 30.9 Å². The number of imidazole rings is 1. The lowest BCUT2D eigenvalue weighted by atomic mass is 10.1. The predicted octanol–water partition coefficient (Wildman–Crippen LogP) is 1.84. The Bertz CT molecular complexity index is 750. The van der Waals surface area contributed by atoms with Crippen molar-refractivity contribution in [3.8, 4) is 0 Å². The molecule has 2 fully saturated rings. The number of carbonyl (C=O) groups excluding carboxylic acids is 1. The lowest BCUT2D eigenvalue weighted by Crippen LogP contribution is -2.45. The molecule has 27 heavy (non-hydrogen) atoms. The van der Waals surface area contributed by atoms with Gasteiger partial charge in [0.15, 0.2) is 0 Å². The van der Waals surface area contributed by atoms with Gasteiger partial charge in [0.1, 0.15) is 5.82 Å². The van der Waals surface area contributed by atoms with E-state index in [1.165, 1.54) is 12.1 Å². The first-order valence-corrected chi connectivity index (χ1v) is 9.48. The summed E-state index contributed by atoms with van der Waals surface area (Å²) in [5.74, 6) is 0.234. The van der Waals surface area contributed by atoms with Crippen molar-refractivity contribution in [3.63, 3.8) is 0 Å². The Morgan fingerprint density at radius 3 is 2.85 bits per heavy atom. The second-order valence-corrected chi connectivity index (χ2v) is 7.49. The summed E-state index contributed by atoms with van der Waals surface area (Å²) in [5.41, 5.74) is 2.07. The number of nitrogens with zero attached hydrogens (tertiary/aromatic N) is 3. The number of carbonyl (C=O) groups is 1. The minimum absolute atomic E-state index is 0.166. The molecule has 4 rings (SSSR count). The van der Waals surface area contributed by atoms with Crippen LogP contribution in [0.2, 0.25) is 0 Å². The molecule has 1 aromatic heterocycles. The summed E-state index contributed by atoms with van der Waals surface area (Å²) in [5, 5.41) is 0. The van der Waals surface area contributed by atoms with Gasteiger partial charge < -0.3 is 14.6 Å². The first kappa shape index (κ1) is 18.1. The van der Waals surface area contributed by atoms with Crippen LogP contribution in [0.5, 0.6) is 0 Å². The Labute approximate surface area is 158 Å². The summed E-state index contributed by atoms with van der Waals surface area (Å²) in [6.07, 6.45) is 4.63. The minimum atomic E-state index is -0.247. The first-order chi connectivity index (χ1) is 13.2. The molecule has 2 saturated heterocycles. The molecule has 0 spiro atoms. The Hall–Kier alpha value is -2.25. The number of hydrogen-bond acceptors (Lipinski definition) is 4. The molecule has 144 valence electrons. The van der Waals surface area contributed by atoms with E-state index in [1.807, 2.05) is 11.1 Å². The van der Waals surface area contributed by atoms with Gasteiger partial charge in [-0.05, 0) is 24.1 Å². The SMILES string of the molecule is O=C(CCc1ccc(F)cc1)N1C[C@@H]2COC[C@H](C1)N(Cc1cnc[nH]1)C2. The Kier molecular flexibility index (Phi) is 5.50. The van der Waals surface area contributed by atoms with Gasteiger partial charge in [-0.25, -0.2) is 9.37 Å². The van der Waals surface area contributed by atoms with Crippen molar-refractivity contribution in [2.24, 2.45) is 5.92 Å². The number of rotatable bonds is 5. The highest BCUT2D eigenvalue weighted by Crippen LogP contribution is 2.22. The number of amides is 1. The summed E-state index contributed by atoms with van der Waals surface area (Å²) in [6.45, 7) is 4.47. The van der Waals surface area contributed by atoms with Crippen molar-refractivity contribution in [2.75, 3.05) is 32.8 Å². The van der Waals surface area contributed by atoms with Crippen LogP contribution in [0.15, 0.2) is 36.8 Å². The third-order valence-corrected chi connectivity index (χ3v) is 5.40. The molecule has 1 N–H and O–H groups in total. The van der Waals surface area contributed by atoms with E-state index in [9.17, 15) is 9.18 Å².